The summed E-state index contributed by atoms with van der Waals surface area (Å²) in [6.07, 6.45) is 5.00. The van der Waals surface area contributed by atoms with E-state index in [2.05, 4.69) is 30.3 Å². The summed E-state index contributed by atoms with van der Waals surface area (Å²) in [5.74, 6) is 1.89. The lowest BCUT2D eigenvalue weighted by molar-refractivity contribution is 0.117. The van der Waals surface area contributed by atoms with Gasteiger partial charge in [-0.3, -0.25) is 0 Å². The minimum atomic E-state index is 0.217. The van der Waals surface area contributed by atoms with Crippen LogP contribution in [0.1, 0.15) is 24.8 Å². The second kappa shape index (κ2) is 3.34. The molecular formula is C14H18O. The zero-order valence-electron chi connectivity index (χ0n) is 9.02. The largest absolute Gasteiger partial charge is 0.396 e. The molecule has 0 spiro atoms. The minimum Gasteiger partial charge on any atom is -0.396 e. The van der Waals surface area contributed by atoms with Gasteiger partial charge >= 0.3 is 0 Å². The molecule has 2 fully saturated rings. The van der Waals surface area contributed by atoms with Crippen molar-refractivity contribution in [2.24, 2.45) is 17.3 Å². The Bertz CT molecular complexity index is 334. The van der Waals surface area contributed by atoms with Crippen molar-refractivity contribution >= 4 is 0 Å². The second-order valence-electron chi connectivity index (χ2n) is 5.48. The molecule has 0 saturated heterocycles. The van der Waals surface area contributed by atoms with Crippen LogP contribution in [0.5, 0.6) is 0 Å². The third-order valence-electron chi connectivity index (χ3n) is 4.22. The first-order chi connectivity index (χ1) is 7.31. The van der Waals surface area contributed by atoms with Crippen molar-refractivity contribution < 1.29 is 5.11 Å². The normalized spacial score (nSPS) is 37.7. The summed E-state index contributed by atoms with van der Waals surface area (Å²) in [7, 11) is 0. The van der Waals surface area contributed by atoms with E-state index in [0.717, 1.165) is 18.3 Å². The summed E-state index contributed by atoms with van der Waals surface area (Å²) in [5.41, 5.74) is 1.60. The number of rotatable bonds is 3. The van der Waals surface area contributed by atoms with E-state index in [0.29, 0.717) is 6.61 Å². The van der Waals surface area contributed by atoms with Crippen molar-refractivity contribution in [1.82, 2.24) is 0 Å². The van der Waals surface area contributed by atoms with Crippen LogP contribution in [0.15, 0.2) is 30.3 Å². The Balaban J connectivity index is 1.75. The maximum absolute atomic E-state index is 9.62. The van der Waals surface area contributed by atoms with Crippen LogP contribution in [0.3, 0.4) is 0 Å². The van der Waals surface area contributed by atoms with Crippen LogP contribution >= 0.6 is 0 Å². The molecule has 0 aliphatic heterocycles. The molecule has 0 radical (unpaired) electrons. The Morgan fingerprint density at radius 3 is 2.40 bits per heavy atom. The van der Waals surface area contributed by atoms with Crippen LogP contribution in [0, 0.1) is 17.3 Å². The molecule has 2 atom stereocenters. The van der Waals surface area contributed by atoms with E-state index < -0.39 is 0 Å². The summed E-state index contributed by atoms with van der Waals surface area (Å²) in [6.45, 7) is 0.370. The Morgan fingerprint density at radius 2 is 1.80 bits per heavy atom. The summed E-state index contributed by atoms with van der Waals surface area (Å²) in [5, 5.41) is 9.62. The molecule has 1 aromatic rings. The van der Waals surface area contributed by atoms with Gasteiger partial charge in [-0.1, -0.05) is 30.3 Å². The van der Waals surface area contributed by atoms with Crippen LogP contribution in [0.2, 0.25) is 0 Å². The molecule has 2 aliphatic rings. The van der Waals surface area contributed by atoms with Crippen LogP contribution in [0.25, 0.3) is 0 Å². The van der Waals surface area contributed by atoms with Gasteiger partial charge in [0.2, 0.25) is 0 Å². The van der Waals surface area contributed by atoms with Gasteiger partial charge in [0.15, 0.2) is 0 Å². The molecule has 1 N–H and O–H groups in total. The maximum atomic E-state index is 9.62. The highest BCUT2D eigenvalue weighted by Gasteiger charge is 2.53. The van der Waals surface area contributed by atoms with Crippen molar-refractivity contribution in [3.8, 4) is 0 Å². The van der Waals surface area contributed by atoms with Crippen LogP contribution in [-0.4, -0.2) is 11.7 Å². The SMILES string of the molecule is OCC1(Cc2ccccc2)CC2CC2C1. The molecule has 2 aliphatic carbocycles. The first-order valence-corrected chi connectivity index (χ1v) is 5.96. The first-order valence-electron chi connectivity index (χ1n) is 5.96. The smallest absolute Gasteiger partial charge is 0.0490 e. The fourth-order valence-corrected chi connectivity index (χ4v) is 3.36. The van der Waals surface area contributed by atoms with Gasteiger partial charge in [0, 0.05) is 6.61 Å². The predicted octanol–water partition coefficient (Wildman–Crippen LogP) is 2.64. The maximum Gasteiger partial charge on any atom is 0.0490 e. The number of hydrogen-bond donors (Lipinski definition) is 1. The first kappa shape index (κ1) is 9.41. The van der Waals surface area contributed by atoms with E-state index in [1.807, 2.05) is 0 Å². The molecule has 80 valence electrons. The minimum absolute atomic E-state index is 0.217. The number of benzene rings is 1. The van der Waals surface area contributed by atoms with Gasteiger partial charge in [0.1, 0.15) is 0 Å². The quantitative estimate of drug-likeness (QED) is 0.799. The van der Waals surface area contributed by atoms with E-state index in [1.54, 1.807) is 0 Å². The fraction of sp³-hybridized carbons (Fsp3) is 0.571. The molecule has 1 aromatic carbocycles. The molecule has 3 rings (SSSR count). The third kappa shape index (κ3) is 1.69. The van der Waals surface area contributed by atoms with Gasteiger partial charge in [-0.2, -0.15) is 0 Å². The average molecular weight is 202 g/mol. The topological polar surface area (TPSA) is 20.2 Å². The fourth-order valence-electron chi connectivity index (χ4n) is 3.36. The molecular weight excluding hydrogens is 184 g/mol. The highest BCUT2D eigenvalue weighted by molar-refractivity contribution is 5.18. The Hall–Kier alpha value is -0.820. The van der Waals surface area contributed by atoms with Crippen LogP contribution < -0.4 is 0 Å². The summed E-state index contributed by atoms with van der Waals surface area (Å²) >= 11 is 0. The number of aliphatic hydroxyl groups is 1. The van der Waals surface area contributed by atoms with Crippen molar-refractivity contribution in [3.05, 3.63) is 35.9 Å². The van der Waals surface area contributed by atoms with E-state index >= 15 is 0 Å². The summed E-state index contributed by atoms with van der Waals surface area (Å²) in [6, 6.07) is 10.6. The van der Waals surface area contributed by atoms with Gasteiger partial charge in [0.25, 0.3) is 0 Å². The lowest BCUT2D eigenvalue weighted by Crippen LogP contribution is -2.26. The molecule has 0 amide bonds. The molecule has 1 nitrogen and oxygen atoms in total. The van der Waals surface area contributed by atoms with E-state index in [1.165, 1.54) is 24.8 Å². The Labute approximate surface area is 91.1 Å². The van der Waals surface area contributed by atoms with E-state index in [4.69, 9.17) is 0 Å². The van der Waals surface area contributed by atoms with Gasteiger partial charge in [-0.05, 0) is 48.5 Å². The number of hydrogen-bond acceptors (Lipinski definition) is 1. The third-order valence-corrected chi connectivity index (χ3v) is 4.22. The van der Waals surface area contributed by atoms with Gasteiger partial charge in [-0.25, -0.2) is 0 Å². The lowest BCUT2D eigenvalue weighted by Gasteiger charge is -2.28. The molecule has 1 heteroatoms. The predicted molar refractivity (Wildman–Crippen MR) is 60.5 cm³/mol. The molecule has 15 heavy (non-hydrogen) atoms. The summed E-state index contributed by atoms with van der Waals surface area (Å²) < 4.78 is 0. The van der Waals surface area contributed by atoms with Crippen LogP contribution in [-0.2, 0) is 6.42 Å². The van der Waals surface area contributed by atoms with Crippen molar-refractivity contribution in [2.45, 2.75) is 25.7 Å². The number of aliphatic hydroxyl groups excluding tert-OH is 1. The Kier molecular flexibility index (Phi) is 2.10. The average Bonchev–Trinajstić information content (AvgIpc) is 2.89. The molecule has 0 aromatic heterocycles. The number of fused-ring (bicyclic) bond motifs is 1. The monoisotopic (exact) mass is 202 g/mol. The highest BCUT2D eigenvalue weighted by atomic mass is 16.3. The standard InChI is InChI=1S/C14H18O/c15-10-14(8-12-6-13(12)9-14)7-11-4-2-1-3-5-11/h1-5,12-13,15H,6-10H2. The highest BCUT2D eigenvalue weighted by Crippen LogP contribution is 2.60. The molecule has 0 heterocycles. The zero-order valence-corrected chi connectivity index (χ0v) is 9.02. The van der Waals surface area contributed by atoms with Gasteiger partial charge < -0.3 is 5.11 Å². The lowest BCUT2D eigenvalue weighted by atomic mass is 9.78. The van der Waals surface area contributed by atoms with E-state index in [9.17, 15) is 5.11 Å². The van der Waals surface area contributed by atoms with Crippen LogP contribution in [0.4, 0.5) is 0 Å². The van der Waals surface area contributed by atoms with E-state index in [-0.39, 0.29) is 5.41 Å². The van der Waals surface area contributed by atoms with Crippen molar-refractivity contribution in [1.29, 1.82) is 0 Å². The molecule has 0 bridgehead atoms. The summed E-state index contributed by atoms with van der Waals surface area (Å²) in [4.78, 5) is 0. The van der Waals surface area contributed by atoms with Gasteiger partial charge in [-0.15, -0.1) is 0 Å². The zero-order chi connectivity index (χ0) is 10.3. The second-order valence-corrected chi connectivity index (χ2v) is 5.48. The Morgan fingerprint density at radius 1 is 1.13 bits per heavy atom. The van der Waals surface area contributed by atoms with Gasteiger partial charge in [0.05, 0.1) is 0 Å². The molecule has 2 saturated carbocycles. The molecule has 2 unspecified atom stereocenters. The van der Waals surface area contributed by atoms with Crippen molar-refractivity contribution in [2.75, 3.05) is 6.61 Å². The van der Waals surface area contributed by atoms with Crippen molar-refractivity contribution in [3.63, 3.8) is 0 Å².